The van der Waals surface area contributed by atoms with Gasteiger partial charge in [-0.1, -0.05) is 0 Å². The Bertz CT molecular complexity index is 807. The number of hydrogen-bond acceptors (Lipinski definition) is 7. The highest BCUT2D eigenvalue weighted by molar-refractivity contribution is 5.80. The lowest BCUT2D eigenvalue weighted by atomic mass is 9.76. The summed E-state index contributed by atoms with van der Waals surface area (Å²) in [6.45, 7) is 4.01. The van der Waals surface area contributed by atoms with Gasteiger partial charge < -0.3 is 14.7 Å². The zero-order valence-electron chi connectivity index (χ0n) is 17.6. The van der Waals surface area contributed by atoms with Gasteiger partial charge in [-0.05, 0) is 44.8 Å². The Balaban J connectivity index is 0.000000858. The minimum Gasteiger partial charge on any atom is -0.483 e. The summed E-state index contributed by atoms with van der Waals surface area (Å²) in [5.74, 6) is 0.00377. The maximum atomic E-state index is 12.6. The van der Waals surface area contributed by atoms with Crippen molar-refractivity contribution in [2.45, 2.75) is 51.0 Å². The van der Waals surface area contributed by atoms with Crippen molar-refractivity contribution in [1.82, 2.24) is 20.0 Å². The van der Waals surface area contributed by atoms with Crippen LogP contribution in [0.15, 0.2) is 16.9 Å². The van der Waals surface area contributed by atoms with Crippen LogP contribution in [-0.4, -0.2) is 82.3 Å². The summed E-state index contributed by atoms with van der Waals surface area (Å²) in [5.41, 5.74) is 0.0511. The first-order valence-corrected chi connectivity index (χ1v) is 10.8. The average Bonchev–Trinajstić information content (AvgIpc) is 3.37. The molecule has 0 aliphatic carbocycles. The summed E-state index contributed by atoms with van der Waals surface area (Å²) >= 11 is 0. The van der Waals surface area contributed by atoms with Gasteiger partial charge in [0.1, 0.15) is 6.10 Å². The molecule has 0 bridgehead atoms. The summed E-state index contributed by atoms with van der Waals surface area (Å²) in [4.78, 5) is 48.7. The van der Waals surface area contributed by atoms with Crippen molar-refractivity contribution in [2.24, 2.45) is 5.41 Å². The van der Waals surface area contributed by atoms with Crippen LogP contribution >= 0.6 is 0 Å². The molecule has 1 unspecified atom stereocenters. The van der Waals surface area contributed by atoms with Gasteiger partial charge in [0.25, 0.3) is 12.0 Å². The summed E-state index contributed by atoms with van der Waals surface area (Å²) in [7, 11) is 0. The van der Waals surface area contributed by atoms with E-state index < -0.39 is 5.41 Å². The fourth-order valence-electron chi connectivity index (χ4n) is 4.69. The lowest BCUT2D eigenvalue weighted by molar-refractivity contribution is -0.152. The molecule has 0 saturated carbocycles. The Hall–Kier alpha value is -2.75. The van der Waals surface area contributed by atoms with Gasteiger partial charge in [0.15, 0.2) is 0 Å². The maximum Gasteiger partial charge on any atom is 0.312 e. The second-order valence-electron chi connectivity index (χ2n) is 8.42. The van der Waals surface area contributed by atoms with Crippen molar-refractivity contribution >= 4 is 18.3 Å². The summed E-state index contributed by atoms with van der Waals surface area (Å²) in [6.07, 6.45) is 5.47. The molecule has 1 aromatic rings. The highest BCUT2D eigenvalue weighted by Gasteiger charge is 2.51. The molecule has 3 aliphatic rings. The number of H-pyrrole nitrogens is 1. The lowest BCUT2D eigenvalue weighted by Crippen LogP contribution is -2.45. The number of nitrogens with one attached hydrogen (secondary N) is 1. The Labute approximate surface area is 180 Å². The largest absolute Gasteiger partial charge is 0.483 e. The average molecular weight is 434 g/mol. The van der Waals surface area contributed by atoms with Gasteiger partial charge in [0.05, 0.1) is 11.1 Å². The second-order valence-corrected chi connectivity index (χ2v) is 8.42. The van der Waals surface area contributed by atoms with Gasteiger partial charge in [-0.15, -0.1) is 0 Å². The van der Waals surface area contributed by atoms with E-state index in [9.17, 15) is 14.4 Å². The van der Waals surface area contributed by atoms with Crippen LogP contribution in [0.3, 0.4) is 0 Å². The van der Waals surface area contributed by atoms with Gasteiger partial charge in [-0.3, -0.25) is 24.1 Å². The number of nitrogens with zero attached hydrogens (tertiary/aromatic N) is 3. The van der Waals surface area contributed by atoms with Crippen LogP contribution in [0.1, 0.15) is 44.2 Å². The number of carbonyl (C=O) groups is 3. The number of aromatic nitrogens is 2. The van der Waals surface area contributed by atoms with Gasteiger partial charge in [0.2, 0.25) is 5.91 Å². The van der Waals surface area contributed by atoms with Crippen LogP contribution < -0.4 is 5.56 Å². The third-order valence-electron chi connectivity index (χ3n) is 6.39. The van der Waals surface area contributed by atoms with Crippen LogP contribution in [0.25, 0.3) is 0 Å². The van der Waals surface area contributed by atoms with E-state index in [4.69, 9.17) is 14.6 Å². The summed E-state index contributed by atoms with van der Waals surface area (Å²) in [5, 5.41) is 13.2. The number of aryl methyl sites for hydroxylation is 1. The number of hydrogen-bond donors (Lipinski definition) is 2. The molecule has 0 aromatic carbocycles. The number of rotatable bonds is 5. The molecule has 4 heterocycles. The van der Waals surface area contributed by atoms with Crippen LogP contribution in [0.5, 0.6) is 0 Å². The first kappa shape index (κ1) is 22.9. The first-order valence-electron chi connectivity index (χ1n) is 10.8. The predicted molar refractivity (Wildman–Crippen MR) is 110 cm³/mol. The summed E-state index contributed by atoms with van der Waals surface area (Å²) < 4.78 is 5.71. The molecule has 3 aliphatic heterocycles. The number of cyclic esters (lactones) is 1. The molecule has 1 aromatic heterocycles. The fraction of sp³-hybridized carbons (Fsp3) is 0.667. The van der Waals surface area contributed by atoms with Gasteiger partial charge in [-0.25, -0.2) is 5.10 Å². The van der Waals surface area contributed by atoms with Crippen LogP contribution in [-0.2, 0) is 25.5 Å². The molecule has 0 radical (unpaired) electrons. The zero-order chi connectivity index (χ0) is 22.3. The molecule has 10 heteroatoms. The number of carboxylic acid groups (broad SMARTS) is 1. The van der Waals surface area contributed by atoms with E-state index in [2.05, 4.69) is 15.1 Å². The maximum absolute atomic E-state index is 12.6. The standard InChI is InChI=1S/C20H28N4O4.CH2O2/c25-17-5-3-15(21-22-17)4-6-18(26)24-11-7-20(8-12-24)13-16(28-19(20)27)14-23-9-1-2-10-23;2-1-3/h3,5,16H,1-2,4,6-14H2,(H,22,25);1H,(H,2,3). The third kappa shape index (κ3) is 5.90. The van der Waals surface area contributed by atoms with Crippen molar-refractivity contribution in [2.75, 3.05) is 32.7 Å². The molecular weight excluding hydrogens is 404 g/mol. The topological polar surface area (TPSA) is 133 Å². The molecule has 3 saturated heterocycles. The lowest BCUT2D eigenvalue weighted by Gasteiger charge is -2.36. The van der Waals surface area contributed by atoms with Crippen molar-refractivity contribution in [3.8, 4) is 0 Å². The number of carbonyl (C=O) groups excluding carboxylic acids is 2. The first-order chi connectivity index (χ1) is 15.0. The van der Waals surface area contributed by atoms with Crippen molar-refractivity contribution in [3.05, 3.63) is 28.2 Å². The van der Waals surface area contributed by atoms with Crippen molar-refractivity contribution in [1.29, 1.82) is 0 Å². The molecular formula is C21H30N4O6. The van der Waals surface area contributed by atoms with E-state index in [1.807, 2.05) is 4.90 Å². The number of esters is 1. The molecule has 4 rings (SSSR count). The predicted octanol–water partition coefficient (Wildman–Crippen LogP) is 0.423. The van der Waals surface area contributed by atoms with E-state index in [1.54, 1.807) is 6.07 Å². The zero-order valence-corrected chi connectivity index (χ0v) is 17.6. The number of piperidine rings is 1. The van der Waals surface area contributed by atoms with E-state index >= 15 is 0 Å². The second kappa shape index (κ2) is 10.5. The Morgan fingerprint density at radius 2 is 1.90 bits per heavy atom. The van der Waals surface area contributed by atoms with Crippen molar-refractivity contribution in [3.63, 3.8) is 0 Å². The highest BCUT2D eigenvalue weighted by Crippen LogP contribution is 2.43. The molecule has 1 spiro atoms. The van der Waals surface area contributed by atoms with Crippen molar-refractivity contribution < 1.29 is 24.2 Å². The number of aromatic amines is 1. The number of likely N-dealkylation sites (tertiary alicyclic amines) is 2. The molecule has 3 fully saturated rings. The van der Waals surface area contributed by atoms with Gasteiger partial charge >= 0.3 is 5.97 Å². The summed E-state index contributed by atoms with van der Waals surface area (Å²) in [6, 6.07) is 3.06. The molecule has 2 N–H and O–H groups in total. The normalized spacial score (nSPS) is 22.6. The quantitative estimate of drug-likeness (QED) is 0.503. The number of amides is 1. The SMILES string of the molecule is O=C(CCc1ccc(=O)[nH]n1)N1CCC2(CC1)CC(CN1CCCC1)OC2=O.O=CO. The molecule has 1 amide bonds. The Morgan fingerprint density at radius 3 is 2.52 bits per heavy atom. The van der Waals surface area contributed by atoms with E-state index in [0.29, 0.717) is 44.5 Å². The third-order valence-corrected chi connectivity index (χ3v) is 6.39. The molecule has 1 atom stereocenters. The fourth-order valence-corrected chi connectivity index (χ4v) is 4.69. The van der Waals surface area contributed by atoms with E-state index in [-0.39, 0.29) is 30.0 Å². The number of ether oxygens (including phenoxy) is 1. The monoisotopic (exact) mass is 434 g/mol. The van der Waals surface area contributed by atoms with Crippen LogP contribution in [0.4, 0.5) is 0 Å². The van der Waals surface area contributed by atoms with Gasteiger partial charge in [-0.2, -0.15) is 5.10 Å². The van der Waals surface area contributed by atoms with Gasteiger partial charge in [0, 0.05) is 45.0 Å². The molecule has 170 valence electrons. The Morgan fingerprint density at radius 1 is 1.23 bits per heavy atom. The van der Waals surface area contributed by atoms with Crippen LogP contribution in [0, 0.1) is 5.41 Å². The molecule has 10 nitrogen and oxygen atoms in total. The van der Waals surface area contributed by atoms with E-state index in [1.165, 1.54) is 18.9 Å². The minimum absolute atomic E-state index is 0.000776. The van der Waals surface area contributed by atoms with E-state index in [0.717, 1.165) is 26.1 Å². The highest BCUT2D eigenvalue weighted by atomic mass is 16.6. The minimum atomic E-state index is -0.401. The van der Waals surface area contributed by atoms with Crippen LogP contribution in [0.2, 0.25) is 0 Å². The molecule has 31 heavy (non-hydrogen) atoms. The smallest absolute Gasteiger partial charge is 0.312 e. The Kier molecular flexibility index (Phi) is 7.78.